The molecular weight excluding hydrogens is 276 g/mol. The third-order valence-electron chi connectivity index (χ3n) is 4.17. The number of aromatic amines is 1. The van der Waals surface area contributed by atoms with E-state index in [1.807, 2.05) is 45.0 Å². The molecular formula is C18H20N2O2. The van der Waals surface area contributed by atoms with Gasteiger partial charge >= 0.3 is 0 Å². The number of aromatic nitrogens is 1. The second-order valence-corrected chi connectivity index (χ2v) is 5.72. The Balaban J connectivity index is 1.86. The van der Waals surface area contributed by atoms with Gasteiger partial charge in [-0.1, -0.05) is 12.1 Å². The molecule has 2 heterocycles. The van der Waals surface area contributed by atoms with E-state index in [1.54, 1.807) is 0 Å². The van der Waals surface area contributed by atoms with Crippen LogP contribution >= 0.6 is 0 Å². The van der Waals surface area contributed by atoms with Crippen LogP contribution in [-0.2, 0) is 6.54 Å². The van der Waals surface area contributed by atoms with Crippen molar-refractivity contribution in [2.24, 2.45) is 0 Å². The number of carbonyl (C=O) groups is 1. The van der Waals surface area contributed by atoms with Gasteiger partial charge in [0, 0.05) is 23.2 Å². The molecule has 0 unspecified atom stereocenters. The van der Waals surface area contributed by atoms with Gasteiger partial charge in [0.05, 0.1) is 11.1 Å². The normalized spacial score (nSPS) is 11.1. The van der Waals surface area contributed by atoms with Crippen molar-refractivity contribution in [1.82, 2.24) is 10.3 Å². The van der Waals surface area contributed by atoms with E-state index in [4.69, 9.17) is 4.42 Å². The second kappa shape index (κ2) is 5.37. The van der Waals surface area contributed by atoms with Crippen LogP contribution in [-0.4, -0.2) is 10.9 Å². The van der Waals surface area contributed by atoms with Crippen LogP contribution < -0.4 is 5.32 Å². The van der Waals surface area contributed by atoms with Crippen molar-refractivity contribution >= 4 is 16.8 Å². The van der Waals surface area contributed by atoms with Gasteiger partial charge in [0.1, 0.15) is 11.5 Å². The molecule has 0 aliphatic carbocycles. The zero-order chi connectivity index (χ0) is 15.9. The highest BCUT2D eigenvalue weighted by Crippen LogP contribution is 2.24. The van der Waals surface area contributed by atoms with Crippen LogP contribution in [0.25, 0.3) is 10.9 Å². The molecule has 1 aromatic carbocycles. The molecule has 0 saturated heterocycles. The molecule has 0 fully saturated rings. The molecule has 114 valence electrons. The van der Waals surface area contributed by atoms with E-state index in [9.17, 15) is 4.79 Å². The maximum Gasteiger partial charge on any atom is 0.253 e. The van der Waals surface area contributed by atoms with Gasteiger partial charge in [-0.25, -0.2) is 0 Å². The predicted molar refractivity (Wildman–Crippen MR) is 87.1 cm³/mol. The summed E-state index contributed by atoms with van der Waals surface area (Å²) >= 11 is 0. The molecule has 0 aliphatic rings. The first-order valence-electron chi connectivity index (χ1n) is 7.39. The van der Waals surface area contributed by atoms with E-state index in [-0.39, 0.29) is 5.91 Å². The highest BCUT2D eigenvalue weighted by molar-refractivity contribution is 6.06. The predicted octanol–water partition coefficient (Wildman–Crippen LogP) is 3.92. The summed E-state index contributed by atoms with van der Waals surface area (Å²) < 4.78 is 5.48. The van der Waals surface area contributed by atoms with Crippen molar-refractivity contribution in [3.63, 3.8) is 0 Å². The van der Waals surface area contributed by atoms with E-state index < -0.39 is 0 Å². The molecule has 3 aromatic rings. The van der Waals surface area contributed by atoms with Crippen LogP contribution in [0.2, 0.25) is 0 Å². The summed E-state index contributed by atoms with van der Waals surface area (Å²) in [6.45, 7) is 8.37. The number of amides is 1. The van der Waals surface area contributed by atoms with Crippen molar-refractivity contribution in [1.29, 1.82) is 0 Å². The summed E-state index contributed by atoms with van der Waals surface area (Å²) in [5.41, 5.74) is 4.86. The van der Waals surface area contributed by atoms with Crippen molar-refractivity contribution in [2.45, 2.75) is 34.2 Å². The fourth-order valence-corrected chi connectivity index (χ4v) is 2.80. The number of hydrogen-bond acceptors (Lipinski definition) is 2. The highest BCUT2D eigenvalue weighted by atomic mass is 16.3. The Morgan fingerprint density at radius 1 is 1.23 bits per heavy atom. The maximum atomic E-state index is 12.5. The zero-order valence-corrected chi connectivity index (χ0v) is 13.3. The summed E-state index contributed by atoms with van der Waals surface area (Å²) in [6.07, 6.45) is 0. The number of rotatable bonds is 3. The number of hydrogen-bond donors (Lipinski definition) is 2. The number of fused-ring (bicyclic) bond motifs is 1. The van der Waals surface area contributed by atoms with Crippen LogP contribution in [0, 0.1) is 27.7 Å². The largest absolute Gasteiger partial charge is 0.466 e. The average molecular weight is 296 g/mol. The zero-order valence-electron chi connectivity index (χ0n) is 13.3. The molecule has 0 atom stereocenters. The van der Waals surface area contributed by atoms with E-state index in [1.165, 1.54) is 5.56 Å². The lowest BCUT2D eigenvalue weighted by molar-refractivity contribution is 0.0952. The maximum absolute atomic E-state index is 12.5. The second-order valence-electron chi connectivity index (χ2n) is 5.72. The SMILES string of the molecule is Cc1cc(CNC(=O)c2cccc3c(C)c(C)[nH]c23)c(C)o1. The minimum atomic E-state index is -0.0786. The molecule has 4 nitrogen and oxygen atoms in total. The molecule has 0 saturated carbocycles. The Morgan fingerprint density at radius 3 is 2.68 bits per heavy atom. The van der Waals surface area contributed by atoms with E-state index >= 15 is 0 Å². The fourth-order valence-electron chi connectivity index (χ4n) is 2.80. The topological polar surface area (TPSA) is 58.0 Å². The van der Waals surface area contributed by atoms with E-state index in [0.717, 1.165) is 33.7 Å². The number of nitrogens with one attached hydrogen (secondary N) is 2. The third-order valence-corrected chi connectivity index (χ3v) is 4.17. The first-order chi connectivity index (χ1) is 10.5. The Hall–Kier alpha value is -2.49. The van der Waals surface area contributed by atoms with Crippen molar-refractivity contribution in [2.75, 3.05) is 0 Å². The third kappa shape index (κ3) is 2.41. The first kappa shape index (κ1) is 14.4. The number of para-hydroxylation sites is 1. The highest BCUT2D eigenvalue weighted by Gasteiger charge is 2.14. The van der Waals surface area contributed by atoms with Crippen LogP contribution in [0.5, 0.6) is 0 Å². The standard InChI is InChI=1S/C18H20N2O2/c1-10-8-14(13(4)22-10)9-19-18(21)16-7-5-6-15-11(2)12(3)20-17(15)16/h5-8,20H,9H2,1-4H3,(H,19,21). The number of furan rings is 1. The monoisotopic (exact) mass is 296 g/mol. The number of aryl methyl sites for hydroxylation is 4. The van der Waals surface area contributed by atoms with Gasteiger partial charge in [0.2, 0.25) is 0 Å². The fraction of sp³-hybridized carbons (Fsp3) is 0.278. The summed E-state index contributed by atoms with van der Waals surface area (Å²) in [7, 11) is 0. The summed E-state index contributed by atoms with van der Waals surface area (Å²) in [5.74, 6) is 1.63. The van der Waals surface area contributed by atoms with Crippen LogP contribution in [0.15, 0.2) is 28.7 Å². The number of benzene rings is 1. The van der Waals surface area contributed by atoms with Gasteiger partial charge in [0.15, 0.2) is 0 Å². The molecule has 0 bridgehead atoms. The minimum absolute atomic E-state index is 0.0786. The molecule has 4 heteroatoms. The average Bonchev–Trinajstić information content (AvgIpc) is 2.96. The minimum Gasteiger partial charge on any atom is -0.466 e. The Bertz CT molecular complexity index is 855. The molecule has 0 radical (unpaired) electrons. The number of carbonyl (C=O) groups excluding carboxylic acids is 1. The van der Waals surface area contributed by atoms with Gasteiger partial charge in [0.25, 0.3) is 5.91 Å². The molecule has 22 heavy (non-hydrogen) atoms. The van der Waals surface area contributed by atoms with E-state index in [0.29, 0.717) is 12.1 Å². The summed E-state index contributed by atoms with van der Waals surface area (Å²) in [6, 6.07) is 7.76. The summed E-state index contributed by atoms with van der Waals surface area (Å²) in [4.78, 5) is 15.8. The molecule has 0 spiro atoms. The van der Waals surface area contributed by atoms with Crippen LogP contribution in [0.4, 0.5) is 0 Å². The smallest absolute Gasteiger partial charge is 0.253 e. The lowest BCUT2D eigenvalue weighted by Gasteiger charge is -2.06. The van der Waals surface area contributed by atoms with Gasteiger partial charge < -0.3 is 14.7 Å². The molecule has 3 rings (SSSR count). The van der Waals surface area contributed by atoms with Crippen LogP contribution in [0.1, 0.15) is 38.7 Å². The Labute approximate surface area is 129 Å². The molecule has 0 aliphatic heterocycles. The van der Waals surface area contributed by atoms with Crippen molar-refractivity contribution in [3.8, 4) is 0 Å². The lowest BCUT2D eigenvalue weighted by atomic mass is 10.1. The molecule has 2 N–H and O–H groups in total. The van der Waals surface area contributed by atoms with Crippen LogP contribution in [0.3, 0.4) is 0 Å². The van der Waals surface area contributed by atoms with Crippen molar-refractivity contribution < 1.29 is 9.21 Å². The Morgan fingerprint density at radius 2 is 2.00 bits per heavy atom. The van der Waals surface area contributed by atoms with Gasteiger partial charge in [-0.15, -0.1) is 0 Å². The van der Waals surface area contributed by atoms with Crippen molar-refractivity contribution in [3.05, 3.63) is 58.2 Å². The Kier molecular flexibility index (Phi) is 3.53. The van der Waals surface area contributed by atoms with Gasteiger partial charge in [-0.3, -0.25) is 4.79 Å². The molecule has 2 aromatic heterocycles. The first-order valence-corrected chi connectivity index (χ1v) is 7.39. The van der Waals surface area contributed by atoms with E-state index in [2.05, 4.69) is 17.2 Å². The summed E-state index contributed by atoms with van der Waals surface area (Å²) in [5, 5.41) is 4.07. The van der Waals surface area contributed by atoms with Gasteiger partial charge in [-0.2, -0.15) is 0 Å². The number of H-pyrrole nitrogens is 1. The quantitative estimate of drug-likeness (QED) is 0.769. The van der Waals surface area contributed by atoms with Gasteiger partial charge in [-0.05, 0) is 45.4 Å². The molecule has 1 amide bonds. The lowest BCUT2D eigenvalue weighted by Crippen LogP contribution is -2.23.